The fraction of sp³-hybridized carbons (Fsp3) is 0.143. The van der Waals surface area contributed by atoms with E-state index in [9.17, 15) is 4.39 Å². The van der Waals surface area contributed by atoms with Gasteiger partial charge in [-0.25, -0.2) is 4.39 Å². The fourth-order valence-electron chi connectivity index (χ4n) is 1.80. The van der Waals surface area contributed by atoms with Crippen LogP contribution in [-0.4, -0.2) is 0 Å². The van der Waals surface area contributed by atoms with Gasteiger partial charge in [0.15, 0.2) is 0 Å². The van der Waals surface area contributed by atoms with Gasteiger partial charge in [0.05, 0.1) is 10.5 Å². The summed E-state index contributed by atoms with van der Waals surface area (Å²) in [6.45, 7) is 1.90. The predicted octanol–water partition coefficient (Wildman–Crippen LogP) is 4.60. The Balaban J connectivity index is 2.44. The lowest BCUT2D eigenvalue weighted by atomic mass is 9.98. The second kappa shape index (κ2) is 5.39. The van der Waals surface area contributed by atoms with Gasteiger partial charge in [0.1, 0.15) is 5.82 Å². The molecule has 1 nitrogen and oxygen atoms in total. The molecule has 18 heavy (non-hydrogen) atoms. The smallest absolute Gasteiger partial charge is 0.142 e. The van der Waals surface area contributed by atoms with E-state index >= 15 is 0 Å². The lowest BCUT2D eigenvalue weighted by molar-refractivity contribution is 0.593. The first kappa shape index (κ1) is 13.5. The third-order valence-electron chi connectivity index (χ3n) is 2.86. The molecule has 2 rings (SSSR count). The Morgan fingerprint density at radius 2 is 2.00 bits per heavy atom. The molecule has 4 heteroatoms. The van der Waals surface area contributed by atoms with Gasteiger partial charge in [-0.3, -0.25) is 0 Å². The van der Waals surface area contributed by atoms with Crippen LogP contribution >= 0.6 is 27.5 Å². The number of hydrogen-bond acceptors (Lipinski definition) is 1. The standard InChI is InChI=1S/C14H12BrClFN/c1-8-7-9(5-6-12(8)16)14(18)10-3-2-4-11(15)13(10)17/h2-7,14H,18H2,1H3. The summed E-state index contributed by atoms with van der Waals surface area (Å²) in [6.07, 6.45) is 0. The SMILES string of the molecule is Cc1cc(C(N)c2cccc(Br)c2F)ccc1Cl. The Morgan fingerprint density at radius 1 is 1.28 bits per heavy atom. The van der Waals surface area contributed by atoms with E-state index in [1.807, 2.05) is 19.1 Å². The molecule has 0 spiro atoms. The van der Waals surface area contributed by atoms with Crippen molar-refractivity contribution in [3.05, 3.63) is 68.4 Å². The number of aryl methyl sites for hydroxylation is 1. The zero-order valence-corrected chi connectivity index (χ0v) is 12.1. The summed E-state index contributed by atoms with van der Waals surface area (Å²) in [6, 6.07) is 10.1. The second-order valence-corrected chi connectivity index (χ2v) is 5.39. The molecule has 0 saturated carbocycles. The van der Waals surface area contributed by atoms with Crippen LogP contribution in [0, 0.1) is 12.7 Å². The molecule has 0 aliphatic heterocycles. The van der Waals surface area contributed by atoms with E-state index in [0.717, 1.165) is 11.1 Å². The largest absolute Gasteiger partial charge is 0.320 e. The molecule has 2 N–H and O–H groups in total. The Morgan fingerprint density at radius 3 is 2.67 bits per heavy atom. The lowest BCUT2D eigenvalue weighted by Crippen LogP contribution is -2.14. The molecule has 0 aliphatic rings. The van der Waals surface area contributed by atoms with Crippen molar-refractivity contribution in [2.45, 2.75) is 13.0 Å². The van der Waals surface area contributed by atoms with Gasteiger partial charge in [-0.15, -0.1) is 0 Å². The first-order chi connectivity index (χ1) is 8.50. The Labute approximate surface area is 119 Å². The van der Waals surface area contributed by atoms with E-state index in [4.69, 9.17) is 17.3 Å². The van der Waals surface area contributed by atoms with Crippen molar-refractivity contribution in [3.8, 4) is 0 Å². The second-order valence-electron chi connectivity index (χ2n) is 4.13. The maximum atomic E-state index is 14.0. The summed E-state index contributed by atoms with van der Waals surface area (Å²) in [4.78, 5) is 0. The Kier molecular flexibility index (Phi) is 4.05. The van der Waals surface area contributed by atoms with Crippen LogP contribution in [0.15, 0.2) is 40.9 Å². The summed E-state index contributed by atoms with van der Waals surface area (Å²) in [5.74, 6) is -0.322. The molecule has 1 unspecified atom stereocenters. The van der Waals surface area contributed by atoms with Crippen molar-refractivity contribution >= 4 is 27.5 Å². The van der Waals surface area contributed by atoms with Crippen molar-refractivity contribution in [3.63, 3.8) is 0 Å². The molecule has 0 amide bonds. The third-order valence-corrected chi connectivity index (χ3v) is 3.89. The molecule has 1 atom stereocenters. The van der Waals surface area contributed by atoms with Crippen molar-refractivity contribution in [1.82, 2.24) is 0 Å². The zero-order valence-electron chi connectivity index (χ0n) is 9.75. The van der Waals surface area contributed by atoms with Crippen molar-refractivity contribution in [1.29, 1.82) is 0 Å². The minimum Gasteiger partial charge on any atom is -0.320 e. The van der Waals surface area contributed by atoms with Crippen LogP contribution < -0.4 is 5.73 Å². The number of halogens is 3. The highest BCUT2D eigenvalue weighted by Gasteiger charge is 2.15. The fourth-order valence-corrected chi connectivity index (χ4v) is 2.30. The van der Waals surface area contributed by atoms with E-state index in [0.29, 0.717) is 15.1 Å². The first-order valence-electron chi connectivity index (χ1n) is 5.46. The predicted molar refractivity (Wildman–Crippen MR) is 76.3 cm³/mol. The molecular formula is C14H12BrClFN. The van der Waals surface area contributed by atoms with Crippen LogP contribution in [-0.2, 0) is 0 Å². The summed E-state index contributed by atoms with van der Waals surface area (Å²) < 4.78 is 14.4. The molecule has 0 bridgehead atoms. The van der Waals surface area contributed by atoms with Gasteiger partial charge in [-0.05, 0) is 46.1 Å². The molecule has 0 aliphatic carbocycles. The van der Waals surface area contributed by atoms with Gasteiger partial charge in [0.25, 0.3) is 0 Å². The summed E-state index contributed by atoms with van der Waals surface area (Å²) in [7, 11) is 0. The third kappa shape index (κ3) is 2.58. The van der Waals surface area contributed by atoms with Crippen molar-refractivity contribution in [2.75, 3.05) is 0 Å². The first-order valence-corrected chi connectivity index (χ1v) is 6.63. The highest BCUT2D eigenvalue weighted by Crippen LogP contribution is 2.28. The quantitative estimate of drug-likeness (QED) is 0.856. The number of benzene rings is 2. The summed E-state index contributed by atoms with van der Waals surface area (Å²) in [5.41, 5.74) is 8.34. The van der Waals surface area contributed by atoms with E-state index in [-0.39, 0.29) is 5.82 Å². The molecule has 0 aromatic heterocycles. The van der Waals surface area contributed by atoms with Gasteiger partial charge in [0.2, 0.25) is 0 Å². The monoisotopic (exact) mass is 327 g/mol. The Bertz CT molecular complexity index is 586. The number of hydrogen-bond donors (Lipinski definition) is 1. The normalized spacial score (nSPS) is 12.5. The molecular weight excluding hydrogens is 317 g/mol. The zero-order chi connectivity index (χ0) is 13.3. The molecule has 0 heterocycles. The van der Waals surface area contributed by atoms with Gasteiger partial charge in [-0.2, -0.15) is 0 Å². The van der Waals surface area contributed by atoms with Crippen LogP contribution in [0.4, 0.5) is 4.39 Å². The number of nitrogens with two attached hydrogens (primary N) is 1. The molecule has 94 valence electrons. The number of rotatable bonds is 2. The molecule has 0 radical (unpaired) electrons. The van der Waals surface area contributed by atoms with E-state index in [1.165, 1.54) is 0 Å². The molecule has 0 saturated heterocycles. The van der Waals surface area contributed by atoms with Crippen LogP contribution in [0.25, 0.3) is 0 Å². The van der Waals surface area contributed by atoms with Crippen molar-refractivity contribution in [2.24, 2.45) is 5.73 Å². The maximum Gasteiger partial charge on any atom is 0.142 e. The van der Waals surface area contributed by atoms with Crippen LogP contribution in [0.5, 0.6) is 0 Å². The van der Waals surface area contributed by atoms with Gasteiger partial charge >= 0.3 is 0 Å². The van der Waals surface area contributed by atoms with Crippen LogP contribution in [0.1, 0.15) is 22.7 Å². The van der Waals surface area contributed by atoms with E-state index in [1.54, 1.807) is 24.3 Å². The lowest BCUT2D eigenvalue weighted by Gasteiger charge is -2.15. The average Bonchev–Trinajstić information content (AvgIpc) is 2.35. The molecule has 2 aromatic rings. The maximum absolute atomic E-state index is 14.0. The van der Waals surface area contributed by atoms with Crippen molar-refractivity contribution < 1.29 is 4.39 Å². The van der Waals surface area contributed by atoms with Crippen LogP contribution in [0.2, 0.25) is 5.02 Å². The summed E-state index contributed by atoms with van der Waals surface area (Å²) in [5, 5.41) is 0.681. The van der Waals surface area contributed by atoms with E-state index < -0.39 is 6.04 Å². The highest BCUT2D eigenvalue weighted by atomic mass is 79.9. The van der Waals surface area contributed by atoms with Gasteiger partial charge in [0, 0.05) is 10.6 Å². The van der Waals surface area contributed by atoms with Crippen LogP contribution in [0.3, 0.4) is 0 Å². The van der Waals surface area contributed by atoms with E-state index in [2.05, 4.69) is 15.9 Å². The minimum atomic E-state index is -0.501. The molecule has 0 fully saturated rings. The van der Waals surface area contributed by atoms with Gasteiger partial charge < -0.3 is 5.73 Å². The Hall–Kier alpha value is -0.900. The highest BCUT2D eigenvalue weighted by molar-refractivity contribution is 9.10. The topological polar surface area (TPSA) is 26.0 Å². The molecule has 2 aromatic carbocycles. The average molecular weight is 329 g/mol. The van der Waals surface area contributed by atoms with Gasteiger partial charge in [-0.1, -0.05) is 35.9 Å². The summed E-state index contributed by atoms with van der Waals surface area (Å²) >= 11 is 9.13. The minimum absolute atomic E-state index is 0.322.